The summed E-state index contributed by atoms with van der Waals surface area (Å²) in [5.74, 6) is 0.377. The van der Waals surface area contributed by atoms with Crippen molar-refractivity contribution >= 4 is 45.9 Å². The van der Waals surface area contributed by atoms with Crippen LogP contribution in [-0.2, 0) is 20.1 Å². The molecule has 0 spiro atoms. The average molecular weight is 510 g/mol. The van der Waals surface area contributed by atoms with Gasteiger partial charge in [-0.2, -0.15) is 5.10 Å². The van der Waals surface area contributed by atoms with E-state index in [9.17, 15) is 4.39 Å². The minimum Gasteiger partial charge on any atom is -0.352 e. The zero-order valence-electron chi connectivity index (χ0n) is 14.2. The fourth-order valence-corrected chi connectivity index (χ4v) is 2.73. The van der Waals surface area contributed by atoms with Crippen LogP contribution in [0.2, 0.25) is 0 Å². The van der Waals surface area contributed by atoms with Crippen molar-refractivity contribution in [1.29, 1.82) is 0 Å². The number of hydrogen-bond donors (Lipinski definition) is 2. The number of nitrogens with zero attached hydrogens (tertiary/aromatic N) is 3. The molecule has 0 amide bonds. The van der Waals surface area contributed by atoms with Crippen LogP contribution in [0, 0.1) is 19.7 Å². The first-order valence-corrected chi connectivity index (χ1v) is 8.09. The van der Waals surface area contributed by atoms with Gasteiger partial charge in [0.15, 0.2) is 5.96 Å². The van der Waals surface area contributed by atoms with Gasteiger partial charge in [0.05, 0.1) is 5.69 Å². The van der Waals surface area contributed by atoms with Gasteiger partial charge < -0.3 is 10.6 Å². The summed E-state index contributed by atoms with van der Waals surface area (Å²) in [6, 6.07) is 4.88. The second-order valence-corrected chi connectivity index (χ2v) is 6.20. The highest BCUT2D eigenvalue weighted by Crippen LogP contribution is 2.15. The predicted octanol–water partition coefficient (Wildman–Crippen LogP) is 3.42. The molecule has 24 heavy (non-hydrogen) atoms. The van der Waals surface area contributed by atoms with E-state index < -0.39 is 0 Å². The van der Waals surface area contributed by atoms with Crippen LogP contribution >= 0.6 is 39.9 Å². The Morgan fingerprint density at radius 3 is 2.54 bits per heavy atom. The molecular formula is C16H22BrFIN5. The fraction of sp³-hybridized carbons (Fsp3) is 0.375. The normalized spacial score (nSPS) is 11.2. The molecule has 5 nitrogen and oxygen atoms in total. The third kappa shape index (κ3) is 5.17. The molecule has 2 rings (SSSR count). The van der Waals surface area contributed by atoms with Crippen LogP contribution in [0.25, 0.3) is 0 Å². The number of nitrogens with one attached hydrogen (secondary N) is 2. The van der Waals surface area contributed by atoms with E-state index >= 15 is 0 Å². The molecule has 1 aromatic heterocycles. The van der Waals surface area contributed by atoms with Crippen molar-refractivity contribution in [2.75, 3.05) is 7.05 Å². The number of rotatable bonds is 4. The predicted molar refractivity (Wildman–Crippen MR) is 109 cm³/mol. The molecular weight excluding hydrogens is 488 g/mol. The molecule has 0 saturated heterocycles. The number of benzene rings is 1. The van der Waals surface area contributed by atoms with E-state index in [0.717, 1.165) is 21.4 Å². The lowest BCUT2D eigenvalue weighted by molar-refractivity contribution is 0.604. The van der Waals surface area contributed by atoms with Crippen molar-refractivity contribution in [3.05, 3.63) is 51.0 Å². The highest BCUT2D eigenvalue weighted by Gasteiger charge is 2.10. The number of aliphatic imine (C=N–C) groups is 1. The number of halogens is 3. The molecule has 0 fully saturated rings. The molecule has 2 aromatic rings. The molecule has 1 heterocycles. The first-order valence-electron chi connectivity index (χ1n) is 7.30. The Hall–Kier alpha value is -1.16. The molecule has 0 aliphatic rings. The van der Waals surface area contributed by atoms with Gasteiger partial charge in [-0.25, -0.2) is 4.39 Å². The van der Waals surface area contributed by atoms with E-state index in [2.05, 4.69) is 36.7 Å². The second kappa shape index (κ2) is 9.36. The summed E-state index contributed by atoms with van der Waals surface area (Å²) in [4.78, 5) is 4.17. The fourth-order valence-electron chi connectivity index (χ4n) is 2.32. The molecule has 132 valence electrons. The van der Waals surface area contributed by atoms with Crippen LogP contribution in [0.5, 0.6) is 0 Å². The lowest BCUT2D eigenvalue weighted by Crippen LogP contribution is -2.36. The first-order chi connectivity index (χ1) is 10.9. The van der Waals surface area contributed by atoms with E-state index in [4.69, 9.17) is 0 Å². The Kier molecular flexibility index (Phi) is 8.14. The summed E-state index contributed by atoms with van der Waals surface area (Å²) in [5.41, 5.74) is 3.83. The molecule has 2 N–H and O–H groups in total. The van der Waals surface area contributed by atoms with Gasteiger partial charge in [-0.3, -0.25) is 9.67 Å². The van der Waals surface area contributed by atoms with Crippen LogP contribution in [0.3, 0.4) is 0 Å². The molecule has 0 radical (unpaired) electrons. The number of hydrogen-bond acceptors (Lipinski definition) is 2. The molecule has 0 aliphatic heterocycles. The maximum Gasteiger partial charge on any atom is 0.191 e. The zero-order valence-corrected chi connectivity index (χ0v) is 18.1. The van der Waals surface area contributed by atoms with E-state index in [-0.39, 0.29) is 29.8 Å². The zero-order chi connectivity index (χ0) is 17.0. The summed E-state index contributed by atoms with van der Waals surface area (Å²) in [7, 11) is 3.62. The standard InChI is InChI=1S/C16H21BrFN5.HI/c1-10-14(11(2)23(4)22-10)9-21-16(19-3)20-8-12-7-13(17)5-6-15(12)18;/h5-7H,8-9H2,1-4H3,(H2,19,20,21);1H. The summed E-state index contributed by atoms with van der Waals surface area (Å²) in [5, 5.41) is 10.7. The van der Waals surface area contributed by atoms with Crippen molar-refractivity contribution in [2.24, 2.45) is 12.0 Å². The van der Waals surface area contributed by atoms with Gasteiger partial charge in [0.25, 0.3) is 0 Å². The molecule has 0 saturated carbocycles. The van der Waals surface area contributed by atoms with Crippen LogP contribution in [0.15, 0.2) is 27.7 Å². The molecule has 0 aliphatic carbocycles. The summed E-state index contributed by atoms with van der Waals surface area (Å²) >= 11 is 3.35. The minimum absolute atomic E-state index is 0. The van der Waals surface area contributed by atoms with E-state index in [1.165, 1.54) is 6.07 Å². The average Bonchev–Trinajstić information content (AvgIpc) is 2.76. The smallest absolute Gasteiger partial charge is 0.191 e. The molecule has 1 aromatic carbocycles. The minimum atomic E-state index is -0.241. The molecule has 0 bridgehead atoms. The SMILES string of the molecule is CN=C(NCc1cc(Br)ccc1F)NCc1c(C)nn(C)c1C.I. The first kappa shape index (κ1) is 20.9. The van der Waals surface area contributed by atoms with Crippen molar-refractivity contribution in [2.45, 2.75) is 26.9 Å². The van der Waals surface area contributed by atoms with Crippen molar-refractivity contribution in [3.8, 4) is 0 Å². The quantitative estimate of drug-likeness (QED) is 0.377. The molecule has 0 atom stereocenters. The third-order valence-corrected chi connectivity index (χ3v) is 4.26. The van der Waals surface area contributed by atoms with Crippen molar-refractivity contribution in [1.82, 2.24) is 20.4 Å². The van der Waals surface area contributed by atoms with Gasteiger partial charge in [0.1, 0.15) is 5.82 Å². The summed E-state index contributed by atoms with van der Waals surface area (Å²) < 4.78 is 16.5. The van der Waals surface area contributed by atoms with Gasteiger partial charge in [-0.15, -0.1) is 24.0 Å². The lowest BCUT2D eigenvalue weighted by Gasteiger charge is -2.13. The second-order valence-electron chi connectivity index (χ2n) is 5.29. The highest BCUT2D eigenvalue weighted by atomic mass is 127. The van der Waals surface area contributed by atoms with E-state index in [1.54, 1.807) is 19.2 Å². The Balaban J connectivity index is 0.00000288. The van der Waals surface area contributed by atoms with Crippen LogP contribution in [0.1, 0.15) is 22.5 Å². The summed E-state index contributed by atoms with van der Waals surface area (Å²) in [6.07, 6.45) is 0. The van der Waals surface area contributed by atoms with E-state index in [0.29, 0.717) is 24.6 Å². The van der Waals surface area contributed by atoms with Crippen molar-refractivity contribution in [3.63, 3.8) is 0 Å². The number of guanidine groups is 1. The van der Waals surface area contributed by atoms with Gasteiger partial charge >= 0.3 is 0 Å². The van der Waals surface area contributed by atoms with Crippen LogP contribution in [0.4, 0.5) is 4.39 Å². The summed E-state index contributed by atoms with van der Waals surface area (Å²) in [6.45, 7) is 4.99. The Morgan fingerprint density at radius 1 is 1.29 bits per heavy atom. The van der Waals surface area contributed by atoms with Crippen LogP contribution in [-0.4, -0.2) is 22.8 Å². The molecule has 0 unspecified atom stereocenters. The van der Waals surface area contributed by atoms with E-state index in [1.807, 2.05) is 25.6 Å². The van der Waals surface area contributed by atoms with Gasteiger partial charge in [-0.1, -0.05) is 15.9 Å². The number of aryl methyl sites for hydroxylation is 2. The largest absolute Gasteiger partial charge is 0.352 e. The Morgan fingerprint density at radius 2 is 1.96 bits per heavy atom. The van der Waals surface area contributed by atoms with Gasteiger partial charge in [0.2, 0.25) is 0 Å². The number of aromatic nitrogens is 2. The monoisotopic (exact) mass is 509 g/mol. The third-order valence-electron chi connectivity index (χ3n) is 3.77. The Labute approximate surface area is 167 Å². The van der Waals surface area contributed by atoms with Gasteiger partial charge in [0, 0.05) is 48.5 Å². The highest BCUT2D eigenvalue weighted by molar-refractivity contribution is 14.0. The van der Waals surface area contributed by atoms with Crippen LogP contribution < -0.4 is 10.6 Å². The van der Waals surface area contributed by atoms with Gasteiger partial charge in [-0.05, 0) is 32.0 Å². The topological polar surface area (TPSA) is 54.2 Å². The maximum atomic E-state index is 13.8. The maximum absolute atomic E-state index is 13.8. The molecule has 8 heteroatoms. The van der Waals surface area contributed by atoms with Crippen molar-refractivity contribution < 1.29 is 4.39 Å². The lowest BCUT2D eigenvalue weighted by atomic mass is 10.2. The Bertz CT molecular complexity index is 729.